The first-order chi connectivity index (χ1) is 15.1. The van der Waals surface area contributed by atoms with E-state index in [1.54, 1.807) is 42.5 Å². The number of amides is 2. The van der Waals surface area contributed by atoms with Crippen molar-refractivity contribution in [2.45, 2.75) is 6.42 Å². The molecule has 156 valence electrons. The highest BCUT2D eigenvalue weighted by molar-refractivity contribution is 6.12. The maximum Gasteiger partial charge on any atom is 0.294 e. The first kappa shape index (κ1) is 20.3. The van der Waals surface area contributed by atoms with E-state index in [1.165, 1.54) is 17.0 Å². The Hall–Kier alpha value is -3.93. The van der Waals surface area contributed by atoms with E-state index in [1.807, 2.05) is 30.3 Å². The van der Waals surface area contributed by atoms with Crippen molar-refractivity contribution in [1.29, 1.82) is 0 Å². The number of nitrogens with zero attached hydrogens (tertiary/aromatic N) is 1. The third-order valence-electron chi connectivity index (χ3n) is 4.90. The number of hydrogen-bond acceptors (Lipinski definition) is 3. The number of halogens is 1. The second kappa shape index (κ2) is 9.26. The summed E-state index contributed by atoms with van der Waals surface area (Å²) in [6.45, 7) is 0.295. The smallest absolute Gasteiger partial charge is 0.294 e. The van der Waals surface area contributed by atoms with Crippen molar-refractivity contribution in [3.8, 4) is 5.75 Å². The van der Waals surface area contributed by atoms with Crippen molar-refractivity contribution in [3.63, 3.8) is 0 Å². The molecule has 0 fully saturated rings. The van der Waals surface area contributed by atoms with Crippen LogP contribution in [0.4, 0.5) is 10.1 Å². The van der Waals surface area contributed by atoms with E-state index in [0.717, 1.165) is 5.56 Å². The number of ether oxygens (including phenoxy) is 1. The third-order valence-corrected chi connectivity index (χ3v) is 4.90. The molecular formula is C25H21FN2O3. The quantitative estimate of drug-likeness (QED) is 0.619. The second-order valence-corrected chi connectivity index (χ2v) is 7.08. The lowest BCUT2D eigenvalue weighted by Crippen LogP contribution is -2.44. The van der Waals surface area contributed by atoms with Gasteiger partial charge in [0.1, 0.15) is 12.4 Å². The minimum atomic E-state index is -0.500. The first-order valence-corrected chi connectivity index (χ1v) is 9.97. The minimum Gasteiger partial charge on any atom is -0.449 e. The molecule has 0 aliphatic carbocycles. The Morgan fingerprint density at radius 3 is 2.48 bits per heavy atom. The van der Waals surface area contributed by atoms with E-state index in [4.69, 9.17) is 4.74 Å². The Bertz CT molecular complexity index is 1130. The predicted molar refractivity (Wildman–Crippen MR) is 117 cm³/mol. The number of benzene rings is 3. The van der Waals surface area contributed by atoms with Crippen LogP contribution in [0.1, 0.15) is 11.1 Å². The molecule has 0 atom stereocenters. The molecule has 3 aromatic rings. The fraction of sp³-hybridized carbons (Fsp3) is 0.120. The van der Waals surface area contributed by atoms with Crippen LogP contribution >= 0.6 is 0 Å². The van der Waals surface area contributed by atoms with Crippen molar-refractivity contribution in [2.24, 2.45) is 0 Å². The first-order valence-electron chi connectivity index (χ1n) is 9.97. The van der Waals surface area contributed by atoms with E-state index in [0.29, 0.717) is 24.4 Å². The fourth-order valence-electron chi connectivity index (χ4n) is 3.34. The van der Waals surface area contributed by atoms with Crippen LogP contribution in [-0.4, -0.2) is 24.9 Å². The highest BCUT2D eigenvalue weighted by Crippen LogP contribution is 2.35. The number of para-hydroxylation sites is 2. The van der Waals surface area contributed by atoms with Crippen LogP contribution < -0.4 is 15.0 Å². The van der Waals surface area contributed by atoms with E-state index in [2.05, 4.69) is 5.32 Å². The molecule has 31 heavy (non-hydrogen) atoms. The summed E-state index contributed by atoms with van der Waals surface area (Å²) in [6.07, 6.45) is 2.05. The van der Waals surface area contributed by atoms with Crippen LogP contribution in [0.2, 0.25) is 0 Å². The molecule has 1 aliphatic heterocycles. The number of anilines is 1. The van der Waals surface area contributed by atoms with Gasteiger partial charge in [-0.15, -0.1) is 0 Å². The summed E-state index contributed by atoms with van der Waals surface area (Å²) in [7, 11) is 0. The molecule has 0 saturated heterocycles. The Morgan fingerprint density at radius 1 is 0.968 bits per heavy atom. The number of carbonyl (C=O) groups excluding carboxylic acids is 2. The molecule has 0 bridgehead atoms. The van der Waals surface area contributed by atoms with E-state index < -0.39 is 11.7 Å². The molecule has 5 nitrogen and oxygen atoms in total. The van der Waals surface area contributed by atoms with Gasteiger partial charge in [0.25, 0.3) is 5.91 Å². The molecule has 0 aromatic heterocycles. The molecular weight excluding hydrogens is 395 g/mol. The standard InChI is InChI=1S/C25H21FN2O3/c26-20-11-5-4-10-19(20)16-23-25(30)28(21-12-6-7-13-22(21)31-23)17-24(29)27-15-14-18-8-2-1-3-9-18/h1-13,16H,14-15,17H2,(H,27,29). The third kappa shape index (κ3) is 4.80. The van der Waals surface area contributed by atoms with E-state index >= 15 is 0 Å². The summed E-state index contributed by atoms with van der Waals surface area (Å²) in [5.74, 6) is -0.857. The topological polar surface area (TPSA) is 58.6 Å². The summed E-state index contributed by atoms with van der Waals surface area (Å²) in [5.41, 5.74) is 1.85. The summed E-state index contributed by atoms with van der Waals surface area (Å²) in [6, 6.07) is 22.9. The van der Waals surface area contributed by atoms with Crippen molar-refractivity contribution in [3.05, 3.63) is 102 Å². The molecule has 4 rings (SSSR count). The summed E-state index contributed by atoms with van der Waals surface area (Å²) in [4.78, 5) is 27.0. The van der Waals surface area contributed by atoms with Crippen molar-refractivity contribution >= 4 is 23.6 Å². The zero-order valence-corrected chi connectivity index (χ0v) is 16.8. The second-order valence-electron chi connectivity index (χ2n) is 7.08. The highest BCUT2D eigenvalue weighted by Gasteiger charge is 2.31. The van der Waals surface area contributed by atoms with Gasteiger partial charge in [0.2, 0.25) is 5.91 Å². The minimum absolute atomic E-state index is 0.0408. The van der Waals surface area contributed by atoms with Gasteiger partial charge in [-0.2, -0.15) is 0 Å². The molecule has 2 amide bonds. The summed E-state index contributed by atoms with van der Waals surface area (Å²) in [5, 5.41) is 2.85. The van der Waals surface area contributed by atoms with Crippen LogP contribution in [-0.2, 0) is 16.0 Å². The molecule has 0 radical (unpaired) electrons. The number of hydrogen-bond donors (Lipinski definition) is 1. The number of carbonyl (C=O) groups is 2. The van der Waals surface area contributed by atoms with Crippen molar-refractivity contribution in [1.82, 2.24) is 5.32 Å². The Labute approximate surface area is 179 Å². The average Bonchev–Trinajstić information content (AvgIpc) is 2.79. The molecule has 1 aliphatic rings. The SMILES string of the molecule is O=C(CN1C(=O)C(=Cc2ccccc2F)Oc2ccccc21)NCCc1ccccc1. The van der Waals surface area contributed by atoms with Crippen molar-refractivity contribution in [2.75, 3.05) is 18.0 Å². The molecule has 1 heterocycles. The zero-order chi connectivity index (χ0) is 21.6. The molecule has 0 spiro atoms. The van der Waals surface area contributed by atoms with Gasteiger partial charge in [-0.05, 0) is 36.3 Å². The van der Waals surface area contributed by atoms with Gasteiger partial charge in [0.05, 0.1) is 5.69 Å². The Kier molecular flexibility index (Phi) is 6.08. The molecule has 6 heteroatoms. The Balaban J connectivity index is 1.51. The monoisotopic (exact) mass is 416 g/mol. The normalized spacial score (nSPS) is 14.2. The predicted octanol–water partition coefficient (Wildman–Crippen LogP) is 3.95. The maximum absolute atomic E-state index is 14.1. The number of fused-ring (bicyclic) bond motifs is 1. The van der Waals surface area contributed by atoms with Crippen LogP contribution in [0.15, 0.2) is 84.6 Å². The highest BCUT2D eigenvalue weighted by atomic mass is 19.1. The van der Waals surface area contributed by atoms with Crippen molar-refractivity contribution < 1.29 is 18.7 Å². The van der Waals surface area contributed by atoms with Crippen LogP contribution in [0.25, 0.3) is 6.08 Å². The van der Waals surface area contributed by atoms with Crippen LogP contribution in [0, 0.1) is 5.82 Å². The fourth-order valence-corrected chi connectivity index (χ4v) is 3.34. The van der Waals surface area contributed by atoms with Gasteiger partial charge in [-0.1, -0.05) is 60.7 Å². The Morgan fingerprint density at radius 2 is 1.68 bits per heavy atom. The molecule has 0 unspecified atom stereocenters. The number of nitrogens with one attached hydrogen (secondary N) is 1. The van der Waals surface area contributed by atoms with Gasteiger partial charge in [-0.3, -0.25) is 14.5 Å². The summed E-state index contributed by atoms with van der Waals surface area (Å²) >= 11 is 0. The van der Waals surface area contributed by atoms with E-state index in [9.17, 15) is 14.0 Å². The van der Waals surface area contributed by atoms with Gasteiger partial charge < -0.3 is 10.1 Å². The van der Waals surface area contributed by atoms with E-state index in [-0.39, 0.29) is 23.8 Å². The summed E-state index contributed by atoms with van der Waals surface area (Å²) < 4.78 is 19.8. The molecule has 1 N–H and O–H groups in total. The molecule has 3 aromatic carbocycles. The van der Waals surface area contributed by atoms with Gasteiger partial charge in [-0.25, -0.2) is 4.39 Å². The van der Waals surface area contributed by atoms with Gasteiger partial charge in [0.15, 0.2) is 11.5 Å². The van der Waals surface area contributed by atoms with Crippen LogP contribution in [0.5, 0.6) is 5.75 Å². The average molecular weight is 416 g/mol. The zero-order valence-electron chi connectivity index (χ0n) is 16.8. The largest absolute Gasteiger partial charge is 0.449 e. The lowest BCUT2D eigenvalue weighted by Gasteiger charge is -2.30. The van der Waals surface area contributed by atoms with Gasteiger partial charge in [0, 0.05) is 12.1 Å². The van der Waals surface area contributed by atoms with Gasteiger partial charge >= 0.3 is 0 Å². The van der Waals surface area contributed by atoms with Crippen LogP contribution in [0.3, 0.4) is 0 Å². The number of rotatable bonds is 6. The lowest BCUT2D eigenvalue weighted by atomic mass is 10.1. The molecule has 0 saturated carbocycles. The lowest BCUT2D eigenvalue weighted by molar-refractivity contribution is -0.123. The maximum atomic E-state index is 14.1.